The molecule has 2 aliphatic rings. The molecular weight excluding hydrogens is 340 g/mol. The Morgan fingerprint density at radius 3 is 1.50 bits per heavy atom. The summed E-state index contributed by atoms with van der Waals surface area (Å²) in [6, 6.07) is 2.52. The third kappa shape index (κ3) is 7.84. The molecule has 0 atom stereocenters. The normalized spacial score (nSPS) is 13.7. The van der Waals surface area contributed by atoms with Crippen LogP contribution < -0.4 is 10.2 Å². The summed E-state index contributed by atoms with van der Waals surface area (Å²) >= 11 is 0. The van der Waals surface area contributed by atoms with Crippen LogP contribution in [0.15, 0.2) is 18.2 Å². The fraction of sp³-hybridized carbons (Fsp3) is 0.579. The molecule has 133 valence electrons. The monoisotopic (exact) mass is 369 g/mol. The van der Waals surface area contributed by atoms with Gasteiger partial charge in [0.05, 0.1) is 0 Å². The van der Waals surface area contributed by atoms with E-state index in [2.05, 4.69) is 12.6 Å². The number of rotatable bonds is 1. The quantitative estimate of drug-likeness (QED) is 0.465. The second-order valence-corrected chi connectivity index (χ2v) is 5.65. The summed E-state index contributed by atoms with van der Waals surface area (Å²) in [5, 5.41) is 24.4. The fourth-order valence-corrected chi connectivity index (χ4v) is 3.08. The molecular formula is C19H29O4Ti. The maximum absolute atomic E-state index is 9.60. The van der Waals surface area contributed by atoms with E-state index in [1.807, 2.05) is 0 Å². The summed E-state index contributed by atoms with van der Waals surface area (Å²) in [4.78, 5) is 9.60. The molecule has 1 N–H and O–H groups in total. The van der Waals surface area contributed by atoms with E-state index in [-0.39, 0.29) is 27.3 Å². The maximum atomic E-state index is 9.60. The second kappa shape index (κ2) is 14.5. The van der Waals surface area contributed by atoms with Crippen LogP contribution in [0.25, 0.3) is 0 Å². The SMILES string of the molecule is C=C(C)C(=O)O.C[O-].C[O-].[Ti+3].[cH-]1c2c(c3c1CCCC3)CCCC2. The van der Waals surface area contributed by atoms with Gasteiger partial charge in [-0.2, -0.15) is 42.5 Å². The minimum absolute atomic E-state index is 0. The molecule has 1 radical (unpaired) electrons. The number of fused-ring (bicyclic) bond motifs is 3. The first kappa shape index (κ1) is 25.4. The largest absolute Gasteiger partial charge is 3.00 e. The zero-order valence-corrected chi connectivity index (χ0v) is 16.7. The van der Waals surface area contributed by atoms with Crippen LogP contribution in [0.2, 0.25) is 0 Å². The van der Waals surface area contributed by atoms with Gasteiger partial charge >= 0.3 is 27.7 Å². The van der Waals surface area contributed by atoms with Crippen molar-refractivity contribution < 1.29 is 41.8 Å². The van der Waals surface area contributed by atoms with E-state index in [0.717, 1.165) is 14.2 Å². The molecule has 1 aromatic carbocycles. The van der Waals surface area contributed by atoms with Crippen LogP contribution in [0.3, 0.4) is 0 Å². The van der Waals surface area contributed by atoms with E-state index in [1.165, 1.54) is 58.3 Å². The van der Waals surface area contributed by atoms with Gasteiger partial charge < -0.3 is 15.3 Å². The number of hydrogen-bond donors (Lipinski definition) is 1. The molecule has 0 spiro atoms. The van der Waals surface area contributed by atoms with E-state index < -0.39 is 5.97 Å². The Bertz CT molecular complexity index is 449. The van der Waals surface area contributed by atoms with E-state index in [9.17, 15) is 4.79 Å². The van der Waals surface area contributed by atoms with Crippen molar-refractivity contribution in [3.05, 3.63) is 40.5 Å². The van der Waals surface area contributed by atoms with Crippen molar-refractivity contribution in [3.8, 4) is 0 Å². The van der Waals surface area contributed by atoms with Gasteiger partial charge in [0.1, 0.15) is 0 Å². The van der Waals surface area contributed by atoms with Gasteiger partial charge in [-0.3, -0.25) is 0 Å². The Balaban J connectivity index is 0. The zero-order chi connectivity index (χ0) is 17.8. The van der Waals surface area contributed by atoms with Crippen molar-refractivity contribution in [2.75, 3.05) is 14.2 Å². The van der Waals surface area contributed by atoms with Gasteiger partial charge in [0, 0.05) is 5.57 Å². The summed E-state index contributed by atoms with van der Waals surface area (Å²) in [6.45, 7) is 4.60. The molecule has 0 aromatic heterocycles. The zero-order valence-electron chi connectivity index (χ0n) is 15.1. The molecule has 5 heteroatoms. The summed E-state index contributed by atoms with van der Waals surface area (Å²) < 4.78 is 0. The van der Waals surface area contributed by atoms with E-state index in [4.69, 9.17) is 15.3 Å². The number of aliphatic carboxylic acids is 1. The van der Waals surface area contributed by atoms with Gasteiger partial charge in [-0.15, -0.1) is 0 Å². The summed E-state index contributed by atoms with van der Waals surface area (Å²) in [7, 11) is 1.50. The molecule has 0 fully saturated rings. The van der Waals surface area contributed by atoms with Gasteiger partial charge in [0.25, 0.3) is 0 Å². The van der Waals surface area contributed by atoms with Crippen molar-refractivity contribution in [1.29, 1.82) is 0 Å². The first-order valence-corrected chi connectivity index (χ1v) is 8.09. The van der Waals surface area contributed by atoms with Crippen molar-refractivity contribution >= 4 is 5.97 Å². The van der Waals surface area contributed by atoms with E-state index in [1.54, 1.807) is 22.3 Å². The predicted octanol–water partition coefficient (Wildman–Crippen LogP) is 1.76. The first-order valence-electron chi connectivity index (χ1n) is 8.09. The number of carbonyl (C=O) groups is 1. The summed E-state index contributed by atoms with van der Waals surface area (Å²) in [6.07, 6.45) is 11.2. The molecule has 0 aliphatic heterocycles. The smallest absolute Gasteiger partial charge is 0.857 e. The molecule has 3 rings (SSSR count). The van der Waals surface area contributed by atoms with Crippen molar-refractivity contribution in [1.82, 2.24) is 0 Å². The first-order chi connectivity index (χ1) is 11.1. The molecule has 0 unspecified atom stereocenters. The molecule has 0 saturated carbocycles. The number of hydrogen-bond acceptors (Lipinski definition) is 3. The molecule has 0 amide bonds. The van der Waals surface area contributed by atoms with Gasteiger partial charge in [-0.1, -0.05) is 57.9 Å². The number of carboxylic acids is 1. The Morgan fingerprint density at radius 2 is 1.21 bits per heavy atom. The van der Waals surface area contributed by atoms with E-state index in [0.29, 0.717) is 0 Å². The Kier molecular flexibility index (Phi) is 15.4. The Morgan fingerprint density at radius 1 is 0.917 bits per heavy atom. The average Bonchev–Trinajstić information content (AvgIpc) is 2.97. The fourth-order valence-electron chi connectivity index (χ4n) is 3.08. The maximum Gasteiger partial charge on any atom is 3.00 e. The number of aryl methyl sites for hydroxylation is 2. The predicted molar refractivity (Wildman–Crippen MR) is 89.6 cm³/mol. The van der Waals surface area contributed by atoms with Crippen LogP contribution in [-0.4, -0.2) is 25.3 Å². The molecule has 2 aliphatic carbocycles. The van der Waals surface area contributed by atoms with Crippen LogP contribution >= 0.6 is 0 Å². The van der Waals surface area contributed by atoms with Gasteiger partial charge in [0.2, 0.25) is 0 Å². The Hall–Kier alpha value is -0.806. The molecule has 0 heterocycles. The molecule has 0 bridgehead atoms. The van der Waals surface area contributed by atoms with Crippen LogP contribution in [0.1, 0.15) is 54.9 Å². The summed E-state index contributed by atoms with van der Waals surface area (Å²) in [5.74, 6) is -0.935. The third-order valence-corrected chi connectivity index (χ3v) is 4.10. The van der Waals surface area contributed by atoms with Crippen LogP contribution in [0.5, 0.6) is 0 Å². The van der Waals surface area contributed by atoms with Crippen molar-refractivity contribution in [2.45, 2.75) is 58.3 Å². The molecule has 0 saturated heterocycles. The third-order valence-electron chi connectivity index (χ3n) is 4.10. The van der Waals surface area contributed by atoms with Crippen LogP contribution in [0.4, 0.5) is 0 Å². The second-order valence-electron chi connectivity index (χ2n) is 5.65. The van der Waals surface area contributed by atoms with Gasteiger partial charge in [-0.05, 0) is 6.92 Å². The van der Waals surface area contributed by atoms with E-state index >= 15 is 0 Å². The van der Waals surface area contributed by atoms with Crippen LogP contribution in [0, 0.1) is 0 Å². The Labute approximate surface area is 160 Å². The minimum atomic E-state index is -0.935. The topological polar surface area (TPSA) is 83.4 Å². The summed E-state index contributed by atoms with van der Waals surface area (Å²) in [5.41, 5.74) is 7.12. The van der Waals surface area contributed by atoms with Crippen molar-refractivity contribution in [2.24, 2.45) is 0 Å². The average molecular weight is 369 g/mol. The molecule has 24 heavy (non-hydrogen) atoms. The molecule has 4 nitrogen and oxygen atoms in total. The van der Waals surface area contributed by atoms with Gasteiger partial charge in [-0.25, -0.2) is 4.79 Å². The van der Waals surface area contributed by atoms with Crippen LogP contribution in [-0.2, 0) is 52.2 Å². The number of carboxylic acid groups (broad SMARTS) is 1. The molecule has 1 aromatic rings. The standard InChI is InChI=1S/C13H17.C4H6O2.2CH3O.Ti/c1-3-7-12-10(5-1)9-11-6-2-4-8-13(11)12;1-3(2)4(5)6;2*1-2;/h9H,1-8H2;1H2,2H3,(H,5,6);2*1H3;/q-1;;2*-1;+3. The minimum Gasteiger partial charge on any atom is -0.857 e. The van der Waals surface area contributed by atoms with Gasteiger partial charge in [0.15, 0.2) is 0 Å². The van der Waals surface area contributed by atoms with Crippen molar-refractivity contribution in [3.63, 3.8) is 0 Å².